The maximum absolute atomic E-state index is 13.5. The molecule has 1 N–H and O–H groups in total. The molecule has 1 aromatic heterocycles. The number of carboxylic acid groups (broad SMARTS) is 1. The predicted molar refractivity (Wildman–Crippen MR) is 123 cm³/mol. The Morgan fingerprint density at radius 2 is 1.88 bits per heavy atom. The molecule has 0 saturated carbocycles. The molecule has 10 nitrogen and oxygen atoms in total. The van der Waals surface area contributed by atoms with Crippen molar-refractivity contribution in [2.45, 2.75) is 6.42 Å². The minimum Gasteiger partial charge on any atom is -0.494 e. The molecule has 0 bridgehead atoms. The third-order valence-electron chi connectivity index (χ3n) is 5.01. The van der Waals surface area contributed by atoms with Gasteiger partial charge in [-0.05, 0) is 59.3 Å². The van der Waals surface area contributed by atoms with Gasteiger partial charge in [0.2, 0.25) is 0 Å². The molecule has 1 unspecified atom stereocenters. The molecule has 33 heavy (non-hydrogen) atoms. The van der Waals surface area contributed by atoms with Gasteiger partial charge in [-0.15, -0.1) is 4.68 Å². The number of aromatic nitrogens is 4. The summed E-state index contributed by atoms with van der Waals surface area (Å²) in [7, 11) is 1.46. The van der Waals surface area contributed by atoms with Gasteiger partial charge in [0.05, 0.1) is 18.7 Å². The van der Waals surface area contributed by atoms with Crippen molar-refractivity contribution >= 4 is 33.6 Å². The van der Waals surface area contributed by atoms with Crippen LogP contribution in [0.25, 0.3) is 5.69 Å². The van der Waals surface area contributed by atoms with Crippen LogP contribution in [0, 0.1) is 5.92 Å². The van der Waals surface area contributed by atoms with Crippen molar-refractivity contribution in [2.75, 3.05) is 12.0 Å². The summed E-state index contributed by atoms with van der Waals surface area (Å²) in [6, 6.07) is 12.8. The van der Waals surface area contributed by atoms with E-state index in [1.54, 1.807) is 54.6 Å². The third-order valence-corrected chi connectivity index (χ3v) is 5.54. The predicted octanol–water partition coefficient (Wildman–Crippen LogP) is 3.22. The van der Waals surface area contributed by atoms with Crippen LogP contribution in [0.5, 0.6) is 5.75 Å². The molecule has 1 heterocycles. The number of rotatable bonds is 5. The number of allylic oxidation sites excluding steroid dienone is 2. The van der Waals surface area contributed by atoms with Crippen molar-refractivity contribution in [2.24, 2.45) is 5.92 Å². The van der Waals surface area contributed by atoms with Gasteiger partial charge in [-0.2, -0.15) is 4.68 Å². The van der Waals surface area contributed by atoms with Crippen LogP contribution in [0.1, 0.15) is 6.42 Å². The molecular formula is C22H18BrN5O5. The molecular weight excluding hydrogens is 494 g/mol. The maximum atomic E-state index is 13.5. The number of aliphatic carboxylic acids is 1. The lowest BCUT2D eigenvalue weighted by Crippen LogP contribution is -2.40. The number of halogens is 1. The Labute approximate surface area is 196 Å². The zero-order valence-electron chi connectivity index (χ0n) is 17.3. The molecule has 3 aromatic rings. The number of nitrogens with zero attached hydrogens (tertiary/aromatic N) is 5. The smallest absolute Gasteiger partial charge is 0.377 e. The second kappa shape index (κ2) is 9.25. The fourth-order valence-electron chi connectivity index (χ4n) is 3.34. The van der Waals surface area contributed by atoms with Crippen LogP contribution in [0.4, 0.5) is 10.5 Å². The van der Waals surface area contributed by atoms with Crippen LogP contribution in [0.3, 0.4) is 0 Å². The summed E-state index contributed by atoms with van der Waals surface area (Å²) in [5.74, 6) is -1.26. The highest BCUT2D eigenvalue weighted by Crippen LogP contribution is 2.27. The second-order valence-corrected chi connectivity index (χ2v) is 7.94. The van der Waals surface area contributed by atoms with Crippen LogP contribution < -0.4 is 15.3 Å². The van der Waals surface area contributed by atoms with Gasteiger partial charge < -0.3 is 9.84 Å². The van der Waals surface area contributed by atoms with E-state index in [2.05, 4.69) is 26.4 Å². The van der Waals surface area contributed by atoms with Gasteiger partial charge in [0.25, 0.3) is 0 Å². The van der Waals surface area contributed by atoms with Crippen molar-refractivity contribution in [1.82, 2.24) is 19.8 Å². The first-order valence-corrected chi connectivity index (χ1v) is 10.6. The van der Waals surface area contributed by atoms with Gasteiger partial charge in [0.1, 0.15) is 11.4 Å². The summed E-state index contributed by atoms with van der Waals surface area (Å²) in [5, 5.41) is 16.9. The van der Waals surface area contributed by atoms with E-state index >= 15 is 0 Å². The third kappa shape index (κ3) is 4.35. The molecule has 1 aliphatic carbocycles. The lowest BCUT2D eigenvalue weighted by Gasteiger charge is -2.25. The second-order valence-electron chi connectivity index (χ2n) is 7.02. The highest BCUT2D eigenvalue weighted by molar-refractivity contribution is 9.10. The Kier molecular flexibility index (Phi) is 6.22. The number of tetrazole rings is 1. The van der Waals surface area contributed by atoms with Gasteiger partial charge in [0, 0.05) is 10.2 Å². The van der Waals surface area contributed by atoms with Crippen molar-refractivity contribution in [3.8, 4) is 11.4 Å². The fourth-order valence-corrected chi connectivity index (χ4v) is 3.60. The molecule has 0 spiro atoms. The van der Waals surface area contributed by atoms with Crippen molar-refractivity contribution in [1.29, 1.82) is 0 Å². The molecule has 0 aliphatic heterocycles. The van der Waals surface area contributed by atoms with Crippen LogP contribution in [-0.4, -0.2) is 44.0 Å². The van der Waals surface area contributed by atoms with Crippen molar-refractivity contribution in [3.05, 3.63) is 87.4 Å². The Bertz CT molecular complexity index is 1330. The van der Waals surface area contributed by atoms with Gasteiger partial charge in [-0.25, -0.2) is 9.59 Å². The number of hydrogen-bond donors (Lipinski definition) is 1. The molecule has 0 saturated heterocycles. The molecule has 2 aromatic carbocycles. The lowest BCUT2D eigenvalue weighted by atomic mass is 9.99. The molecule has 168 valence electrons. The summed E-state index contributed by atoms with van der Waals surface area (Å²) >= 11 is 3.36. The van der Waals surface area contributed by atoms with E-state index in [9.17, 15) is 19.5 Å². The standard InChI is InChI=1S/C22H18BrN5O5/c1-33-19-5-3-2-4-18(19)27-22(32)28(25-24-27)21(31)26(17-12-8-15(23)9-13-17)16-10-6-14(7-11-16)20(29)30/h2-6,8-14H,7H2,1H3,(H,29,30). The number of para-hydroxylation sites is 2. The summed E-state index contributed by atoms with van der Waals surface area (Å²) in [6.45, 7) is 0. The normalized spacial score (nSPS) is 15.1. The zero-order chi connectivity index (χ0) is 23.5. The number of methoxy groups -OCH3 is 1. The van der Waals surface area contributed by atoms with E-state index < -0.39 is 23.6 Å². The van der Waals surface area contributed by atoms with Crippen LogP contribution in [0.15, 0.2) is 81.7 Å². The van der Waals surface area contributed by atoms with Crippen molar-refractivity contribution < 1.29 is 19.4 Å². The molecule has 0 fully saturated rings. The highest BCUT2D eigenvalue weighted by atomic mass is 79.9. The summed E-state index contributed by atoms with van der Waals surface area (Å²) < 4.78 is 7.70. The topological polar surface area (TPSA) is 120 Å². The minimum atomic E-state index is -0.959. The number of hydrogen-bond acceptors (Lipinski definition) is 6. The Morgan fingerprint density at radius 3 is 2.52 bits per heavy atom. The number of carbonyl (C=O) groups is 2. The average molecular weight is 512 g/mol. The van der Waals surface area contributed by atoms with E-state index in [1.165, 1.54) is 24.2 Å². The summed E-state index contributed by atoms with van der Waals surface area (Å²) in [4.78, 5) is 39.1. The Morgan fingerprint density at radius 1 is 1.15 bits per heavy atom. The lowest BCUT2D eigenvalue weighted by molar-refractivity contribution is -0.139. The first-order valence-electron chi connectivity index (χ1n) is 9.80. The van der Waals surface area contributed by atoms with Crippen LogP contribution >= 0.6 is 15.9 Å². The van der Waals surface area contributed by atoms with Crippen molar-refractivity contribution in [3.63, 3.8) is 0 Å². The first-order chi connectivity index (χ1) is 15.9. The average Bonchev–Trinajstić information content (AvgIpc) is 3.21. The maximum Gasteiger partial charge on any atom is 0.377 e. The summed E-state index contributed by atoms with van der Waals surface area (Å²) in [5.41, 5.74) is 0.431. The van der Waals surface area contributed by atoms with Gasteiger partial charge in [0.15, 0.2) is 0 Å². The monoisotopic (exact) mass is 511 g/mol. The number of ether oxygens (including phenoxy) is 1. The van der Waals surface area contributed by atoms with Gasteiger partial charge in [-0.3, -0.25) is 9.69 Å². The van der Waals surface area contributed by atoms with Crippen LogP contribution in [-0.2, 0) is 4.79 Å². The zero-order valence-corrected chi connectivity index (χ0v) is 18.9. The molecule has 1 atom stereocenters. The Hall–Kier alpha value is -3.99. The van der Waals surface area contributed by atoms with Gasteiger partial charge >= 0.3 is 17.7 Å². The number of carbonyl (C=O) groups excluding carboxylic acids is 1. The SMILES string of the molecule is COc1ccccc1-n1nnn(C(=O)N(C2=CCC(C(=O)O)C=C2)c2ccc(Br)cc2)c1=O. The molecule has 1 amide bonds. The van der Waals surface area contributed by atoms with E-state index in [0.29, 0.717) is 27.5 Å². The summed E-state index contributed by atoms with van der Waals surface area (Å²) in [6.07, 6.45) is 4.88. The number of benzene rings is 2. The quantitative estimate of drug-likeness (QED) is 0.522. The Balaban J connectivity index is 1.76. The molecule has 0 radical (unpaired) electrons. The number of anilines is 1. The highest BCUT2D eigenvalue weighted by Gasteiger charge is 2.28. The first kappa shape index (κ1) is 22.2. The van der Waals surface area contributed by atoms with Gasteiger partial charge in [-0.1, -0.05) is 40.2 Å². The van der Waals surface area contributed by atoms with E-state index in [1.807, 2.05) is 0 Å². The van der Waals surface area contributed by atoms with E-state index in [0.717, 1.165) is 9.15 Å². The molecule has 11 heteroatoms. The molecule has 4 rings (SSSR count). The fraction of sp³-hybridized carbons (Fsp3) is 0.136. The molecule has 1 aliphatic rings. The van der Waals surface area contributed by atoms with E-state index in [4.69, 9.17) is 4.74 Å². The van der Waals surface area contributed by atoms with E-state index in [-0.39, 0.29) is 6.42 Å². The largest absolute Gasteiger partial charge is 0.494 e. The van der Waals surface area contributed by atoms with Crippen LogP contribution in [0.2, 0.25) is 0 Å². The minimum absolute atomic E-state index is 0.199. The number of carboxylic acids is 1. The number of amides is 1.